The fourth-order valence-electron chi connectivity index (χ4n) is 2.28. The normalized spacial score (nSPS) is 24.7. The van der Waals surface area contributed by atoms with Gasteiger partial charge in [0.25, 0.3) is 0 Å². The highest BCUT2D eigenvalue weighted by molar-refractivity contribution is 6.30. The van der Waals surface area contributed by atoms with Gasteiger partial charge in [-0.05, 0) is 43.0 Å². The first-order valence-corrected chi connectivity index (χ1v) is 5.98. The second-order valence-electron chi connectivity index (χ2n) is 4.45. The summed E-state index contributed by atoms with van der Waals surface area (Å²) < 4.78 is 0. The zero-order valence-corrected chi connectivity index (χ0v) is 9.69. The van der Waals surface area contributed by atoms with Gasteiger partial charge in [0.2, 0.25) is 0 Å². The van der Waals surface area contributed by atoms with E-state index < -0.39 is 0 Å². The van der Waals surface area contributed by atoms with Gasteiger partial charge in [-0.25, -0.2) is 0 Å². The lowest BCUT2D eigenvalue weighted by Gasteiger charge is -2.26. The van der Waals surface area contributed by atoms with Crippen molar-refractivity contribution in [3.63, 3.8) is 0 Å². The molecule has 1 aliphatic carbocycles. The SMILES string of the molecule is NC1=NCC(C2CC2)N1c1ccc(Cl)cc1. The molecule has 2 N–H and O–H groups in total. The van der Waals surface area contributed by atoms with Gasteiger partial charge < -0.3 is 10.6 Å². The first-order chi connectivity index (χ1) is 7.75. The Hall–Kier alpha value is -1.22. The molecule has 2 aliphatic rings. The van der Waals surface area contributed by atoms with Crippen molar-refractivity contribution in [1.29, 1.82) is 0 Å². The van der Waals surface area contributed by atoms with Crippen molar-refractivity contribution in [2.45, 2.75) is 18.9 Å². The molecule has 0 amide bonds. The van der Waals surface area contributed by atoms with Crippen molar-refractivity contribution in [3.05, 3.63) is 29.3 Å². The van der Waals surface area contributed by atoms with E-state index in [2.05, 4.69) is 9.89 Å². The number of guanidine groups is 1. The zero-order chi connectivity index (χ0) is 11.1. The quantitative estimate of drug-likeness (QED) is 0.854. The summed E-state index contributed by atoms with van der Waals surface area (Å²) in [5.74, 6) is 1.40. The Morgan fingerprint density at radius 1 is 1.25 bits per heavy atom. The molecule has 1 atom stereocenters. The van der Waals surface area contributed by atoms with E-state index in [0.717, 1.165) is 23.2 Å². The van der Waals surface area contributed by atoms with E-state index >= 15 is 0 Å². The van der Waals surface area contributed by atoms with Gasteiger partial charge in [0.1, 0.15) is 0 Å². The number of nitrogens with two attached hydrogens (primary N) is 1. The Balaban J connectivity index is 1.90. The molecule has 0 radical (unpaired) electrons. The Bertz CT molecular complexity index is 422. The van der Waals surface area contributed by atoms with Crippen molar-refractivity contribution in [2.75, 3.05) is 11.4 Å². The van der Waals surface area contributed by atoms with E-state index in [9.17, 15) is 0 Å². The number of nitrogens with zero attached hydrogens (tertiary/aromatic N) is 2. The summed E-state index contributed by atoms with van der Waals surface area (Å²) in [4.78, 5) is 6.49. The van der Waals surface area contributed by atoms with Crippen LogP contribution in [0, 0.1) is 5.92 Å². The molecule has 1 aromatic rings. The molecule has 1 aromatic carbocycles. The highest BCUT2D eigenvalue weighted by Gasteiger charge is 2.39. The third-order valence-electron chi connectivity index (χ3n) is 3.29. The van der Waals surface area contributed by atoms with Crippen LogP contribution in [0.2, 0.25) is 5.02 Å². The second kappa shape index (κ2) is 3.67. The number of hydrogen-bond acceptors (Lipinski definition) is 3. The van der Waals surface area contributed by atoms with Crippen LogP contribution < -0.4 is 10.6 Å². The standard InChI is InChI=1S/C12H14ClN3/c13-9-3-5-10(6-4-9)16-11(8-1-2-8)7-15-12(16)14/h3-6,8,11H,1-2,7H2,(H2,14,15). The Labute approximate surface area is 99.9 Å². The molecule has 3 rings (SSSR count). The van der Waals surface area contributed by atoms with Gasteiger partial charge in [-0.2, -0.15) is 0 Å². The Kier molecular flexibility index (Phi) is 2.28. The summed E-state index contributed by atoms with van der Waals surface area (Å²) in [5.41, 5.74) is 7.05. The largest absolute Gasteiger partial charge is 0.370 e. The van der Waals surface area contributed by atoms with Crippen LogP contribution in [0.5, 0.6) is 0 Å². The minimum absolute atomic E-state index is 0.459. The van der Waals surface area contributed by atoms with E-state index in [0.29, 0.717) is 12.0 Å². The smallest absolute Gasteiger partial charge is 0.196 e. The molecule has 84 valence electrons. The molecular weight excluding hydrogens is 222 g/mol. The summed E-state index contributed by atoms with van der Waals surface area (Å²) in [5, 5.41) is 0.751. The molecule has 3 nitrogen and oxygen atoms in total. The average molecular weight is 236 g/mol. The molecule has 1 heterocycles. The summed E-state index contributed by atoms with van der Waals surface area (Å²) in [6, 6.07) is 8.26. The second-order valence-corrected chi connectivity index (χ2v) is 4.89. The highest BCUT2D eigenvalue weighted by atomic mass is 35.5. The Morgan fingerprint density at radius 2 is 1.94 bits per heavy atom. The summed E-state index contributed by atoms with van der Waals surface area (Å²) in [7, 11) is 0. The van der Waals surface area contributed by atoms with Crippen LogP contribution in [0.15, 0.2) is 29.3 Å². The van der Waals surface area contributed by atoms with Crippen molar-refractivity contribution >= 4 is 23.2 Å². The molecule has 0 saturated heterocycles. The number of aliphatic imine (C=N–C) groups is 1. The van der Waals surface area contributed by atoms with Gasteiger partial charge >= 0.3 is 0 Å². The van der Waals surface area contributed by atoms with E-state index in [1.807, 2.05) is 24.3 Å². The zero-order valence-electron chi connectivity index (χ0n) is 8.94. The lowest BCUT2D eigenvalue weighted by atomic mass is 10.1. The van der Waals surface area contributed by atoms with Crippen LogP contribution in [0.3, 0.4) is 0 Å². The van der Waals surface area contributed by atoms with Crippen molar-refractivity contribution < 1.29 is 0 Å². The number of hydrogen-bond donors (Lipinski definition) is 1. The fourth-order valence-corrected chi connectivity index (χ4v) is 2.41. The van der Waals surface area contributed by atoms with Crippen LogP contribution in [-0.4, -0.2) is 18.5 Å². The van der Waals surface area contributed by atoms with Gasteiger partial charge in [0.15, 0.2) is 5.96 Å². The Morgan fingerprint density at radius 3 is 2.56 bits per heavy atom. The number of benzene rings is 1. The molecular formula is C12H14ClN3. The van der Waals surface area contributed by atoms with Crippen LogP contribution in [0.1, 0.15) is 12.8 Å². The molecule has 16 heavy (non-hydrogen) atoms. The van der Waals surface area contributed by atoms with Gasteiger partial charge in [-0.1, -0.05) is 11.6 Å². The minimum Gasteiger partial charge on any atom is -0.370 e. The lowest BCUT2D eigenvalue weighted by Crippen LogP contribution is -2.42. The van der Waals surface area contributed by atoms with Crippen LogP contribution in [-0.2, 0) is 0 Å². The molecule has 1 fully saturated rings. The van der Waals surface area contributed by atoms with Crippen molar-refractivity contribution in [3.8, 4) is 0 Å². The molecule has 0 spiro atoms. The topological polar surface area (TPSA) is 41.6 Å². The first-order valence-electron chi connectivity index (χ1n) is 5.60. The molecule has 4 heteroatoms. The van der Waals surface area contributed by atoms with Crippen molar-refractivity contribution in [2.24, 2.45) is 16.6 Å². The van der Waals surface area contributed by atoms with Gasteiger partial charge in [-0.15, -0.1) is 0 Å². The molecule has 1 saturated carbocycles. The molecule has 0 bridgehead atoms. The summed E-state index contributed by atoms with van der Waals surface area (Å²) in [6.45, 7) is 0.832. The summed E-state index contributed by atoms with van der Waals surface area (Å²) in [6.07, 6.45) is 2.61. The lowest BCUT2D eigenvalue weighted by molar-refractivity contribution is 0.626. The monoisotopic (exact) mass is 235 g/mol. The van der Waals surface area contributed by atoms with Crippen LogP contribution in [0.25, 0.3) is 0 Å². The maximum absolute atomic E-state index is 5.95. The maximum atomic E-state index is 5.95. The maximum Gasteiger partial charge on any atom is 0.196 e. The van der Waals surface area contributed by atoms with Gasteiger partial charge in [-0.3, -0.25) is 4.99 Å². The molecule has 0 aromatic heterocycles. The third kappa shape index (κ3) is 1.65. The van der Waals surface area contributed by atoms with Crippen molar-refractivity contribution in [1.82, 2.24) is 0 Å². The number of rotatable bonds is 2. The summed E-state index contributed by atoms with van der Waals surface area (Å²) >= 11 is 5.89. The number of anilines is 1. The molecule has 1 unspecified atom stereocenters. The average Bonchev–Trinajstić information content (AvgIpc) is 3.05. The van der Waals surface area contributed by atoms with E-state index in [-0.39, 0.29) is 0 Å². The van der Waals surface area contributed by atoms with Crippen LogP contribution in [0.4, 0.5) is 5.69 Å². The van der Waals surface area contributed by atoms with Gasteiger partial charge in [0, 0.05) is 10.7 Å². The van der Waals surface area contributed by atoms with Crippen LogP contribution >= 0.6 is 11.6 Å². The number of halogens is 1. The third-order valence-corrected chi connectivity index (χ3v) is 3.54. The van der Waals surface area contributed by atoms with Gasteiger partial charge in [0.05, 0.1) is 12.6 Å². The molecule has 1 aliphatic heterocycles. The van der Waals surface area contributed by atoms with E-state index in [4.69, 9.17) is 17.3 Å². The van der Waals surface area contributed by atoms with E-state index in [1.54, 1.807) is 0 Å². The predicted octanol–water partition coefficient (Wildman–Crippen LogP) is 2.25. The van der Waals surface area contributed by atoms with E-state index in [1.165, 1.54) is 12.8 Å². The fraction of sp³-hybridized carbons (Fsp3) is 0.417. The minimum atomic E-state index is 0.459. The predicted molar refractivity (Wildman–Crippen MR) is 66.9 cm³/mol. The highest BCUT2D eigenvalue weighted by Crippen LogP contribution is 2.39. The first kappa shape index (κ1) is 9.97.